The van der Waals surface area contributed by atoms with Crippen molar-refractivity contribution in [2.45, 2.75) is 45.4 Å². The third-order valence-corrected chi connectivity index (χ3v) is 4.95. The highest BCUT2D eigenvalue weighted by Crippen LogP contribution is 2.23. The molecule has 0 fully saturated rings. The van der Waals surface area contributed by atoms with Gasteiger partial charge in [0.15, 0.2) is 10.9 Å². The number of hydrogen-bond donors (Lipinski definition) is 1. The zero-order chi connectivity index (χ0) is 16.2. The molecular weight excluding hydrogens is 308 g/mol. The largest absolute Gasteiger partial charge is 0.302 e. The van der Waals surface area contributed by atoms with Gasteiger partial charge in [-0.15, -0.1) is 11.3 Å². The molecule has 1 heterocycles. The molecule has 1 aliphatic carbocycles. The van der Waals surface area contributed by atoms with Crippen LogP contribution in [0.2, 0.25) is 0 Å². The molecule has 1 aromatic carbocycles. The van der Waals surface area contributed by atoms with E-state index in [1.54, 1.807) is 6.20 Å². The number of nitrogens with one attached hydrogen (secondary N) is 1. The summed E-state index contributed by atoms with van der Waals surface area (Å²) in [4.78, 5) is 29.3. The maximum Gasteiger partial charge on any atom is 0.226 e. The molecular formula is C18H20N2O2S. The highest BCUT2D eigenvalue weighted by Gasteiger charge is 2.14. The maximum atomic E-state index is 12.3. The van der Waals surface area contributed by atoms with E-state index in [9.17, 15) is 9.59 Å². The van der Waals surface area contributed by atoms with Gasteiger partial charge < -0.3 is 5.32 Å². The quantitative estimate of drug-likeness (QED) is 0.846. The first-order valence-corrected chi connectivity index (χ1v) is 8.81. The monoisotopic (exact) mass is 328 g/mol. The van der Waals surface area contributed by atoms with Crippen LogP contribution in [0.25, 0.3) is 0 Å². The Morgan fingerprint density at radius 3 is 2.70 bits per heavy atom. The summed E-state index contributed by atoms with van der Waals surface area (Å²) in [5, 5.41) is 3.33. The van der Waals surface area contributed by atoms with Gasteiger partial charge in [-0.25, -0.2) is 4.98 Å². The molecule has 0 spiro atoms. The second kappa shape index (κ2) is 7.04. The van der Waals surface area contributed by atoms with Gasteiger partial charge in [0.25, 0.3) is 0 Å². The van der Waals surface area contributed by atoms with Crippen LogP contribution in [0.4, 0.5) is 5.13 Å². The van der Waals surface area contributed by atoms with E-state index in [-0.39, 0.29) is 24.5 Å². The van der Waals surface area contributed by atoms with Crippen LogP contribution in [0.1, 0.15) is 52.0 Å². The molecule has 0 atom stereocenters. The second-order valence-electron chi connectivity index (χ2n) is 5.94. The molecule has 1 N–H and O–H groups in total. The number of benzene rings is 1. The van der Waals surface area contributed by atoms with Crippen molar-refractivity contribution in [2.24, 2.45) is 0 Å². The van der Waals surface area contributed by atoms with Crippen molar-refractivity contribution in [3.05, 3.63) is 46.0 Å². The summed E-state index contributed by atoms with van der Waals surface area (Å²) in [5.41, 5.74) is 3.39. The highest BCUT2D eigenvalue weighted by atomic mass is 32.1. The lowest BCUT2D eigenvalue weighted by atomic mass is 9.89. The summed E-state index contributed by atoms with van der Waals surface area (Å²) in [6.07, 6.45) is 6.73. The molecule has 0 bridgehead atoms. The molecule has 3 rings (SSSR count). The second-order valence-corrected chi connectivity index (χ2v) is 7.17. The summed E-state index contributed by atoms with van der Waals surface area (Å²) in [6.45, 7) is 1.94. The topological polar surface area (TPSA) is 59.1 Å². The summed E-state index contributed by atoms with van der Waals surface area (Å²) in [6, 6.07) is 5.98. The SMILES string of the molecule is Cc1cnc(NC(=O)CCC(=O)c2ccc3c(c2)CCCC3)s1. The molecule has 4 nitrogen and oxygen atoms in total. The van der Waals surface area contributed by atoms with Gasteiger partial charge in [-0.2, -0.15) is 0 Å². The number of anilines is 1. The third kappa shape index (κ3) is 4.05. The molecule has 5 heteroatoms. The molecule has 0 saturated carbocycles. The van der Waals surface area contributed by atoms with E-state index in [1.807, 2.05) is 19.1 Å². The van der Waals surface area contributed by atoms with Gasteiger partial charge in [0, 0.05) is 29.5 Å². The summed E-state index contributed by atoms with van der Waals surface area (Å²) in [5.74, 6) is -0.130. The van der Waals surface area contributed by atoms with E-state index in [1.165, 1.54) is 35.3 Å². The Morgan fingerprint density at radius 1 is 1.17 bits per heavy atom. The van der Waals surface area contributed by atoms with Crippen molar-refractivity contribution in [1.29, 1.82) is 0 Å². The number of carbonyl (C=O) groups is 2. The normalized spacial score (nSPS) is 13.4. The lowest BCUT2D eigenvalue weighted by molar-refractivity contribution is -0.116. The average molecular weight is 328 g/mol. The van der Waals surface area contributed by atoms with Crippen molar-refractivity contribution in [2.75, 3.05) is 5.32 Å². The van der Waals surface area contributed by atoms with Gasteiger partial charge in [-0.1, -0.05) is 12.1 Å². The van der Waals surface area contributed by atoms with Gasteiger partial charge in [-0.05, 0) is 49.8 Å². The standard InChI is InChI=1S/C18H20N2O2S/c1-12-11-19-18(23-12)20-17(22)9-8-16(21)15-7-6-13-4-2-3-5-14(13)10-15/h6-7,10-11H,2-5,8-9H2,1H3,(H,19,20,22). The molecule has 1 aromatic heterocycles. The Hall–Kier alpha value is -2.01. The minimum absolute atomic E-state index is 0.0313. The molecule has 23 heavy (non-hydrogen) atoms. The van der Waals surface area contributed by atoms with E-state index in [2.05, 4.69) is 16.4 Å². The van der Waals surface area contributed by atoms with Crippen molar-refractivity contribution in [3.8, 4) is 0 Å². The van der Waals surface area contributed by atoms with Crippen LogP contribution < -0.4 is 5.32 Å². The number of nitrogens with zero attached hydrogens (tertiary/aromatic N) is 1. The van der Waals surface area contributed by atoms with Crippen molar-refractivity contribution < 1.29 is 9.59 Å². The first-order chi connectivity index (χ1) is 11.1. The van der Waals surface area contributed by atoms with E-state index >= 15 is 0 Å². The molecule has 120 valence electrons. The predicted octanol–water partition coefficient (Wildman–Crippen LogP) is 3.93. The van der Waals surface area contributed by atoms with Crippen LogP contribution in [-0.2, 0) is 17.6 Å². The number of carbonyl (C=O) groups excluding carboxylic acids is 2. The number of fused-ring (bicyclic) bond motifs is 1. The Balaban J connectivity index is 1.55. The fraction of sp³-hybridized carbons (Fsp3) is 0.389. The minimum atomic E-state index is -0.161. The van der Waals surface area contributed by atoms with E-state index in [0.29, 0.717) is 5.13 Å². The molecule has 0 radical (unpaired) electrons. The molecule has 1 amide bonds. The van der Waals surface area contributed by atoms with Crippen molar-refractivity contribution in [3.63, 3.8) is 0 Å². The van der Waals surface area contributed by atoms with Gasteiger partial charge in [0.2, 0.25) is 5.91 Å². The molecule has 0 saturated heterocycles. The molecule has 0 unspecified atom stereocenters. The lowest BCUT2D eigenvalue weighted by Gasteiger charge is -2.16. The number of aromatic nitrogens is 1. The van der Waals surface area contributed by atoms with Crippen LogP contribution in [0, 0.1) is 6.92 Å². The first kappa shape index (κ1) is 15.9. The fourth-order valence-electron chi connectivity index (χ4n) is 2.87. The van der Waals surface area contributed by atoms with Crippen LogP contribution in [0.5, 0.6) is 0 Å². The fourth-order valence-corrected chi connectivity index (χ4v) is 3.55. The Morgan fingerprint density at radius 2 is 1.96 bits per heavy atom. The van der Waals surface area contributed by atoms with Crippen LogP contribution in [-0.4, -0.2) is 16.7 Å². The number of amides is 1. The molecule has 0 aliphatic heterocycles. The predicted molar refractivity (Wildman–Crippen MR) is 92.1 cm³/mol. The van der Waals surface area contributed by atoms with Crippen molar-refractivity contribution in [1.82, 2.24) is 4.98 Å². The van der Waals surface area contributed by atoms with Gasteiger partial charge in [0.05, 0.1) is 0 Å². The maximum absolute atomic E-state index is 12.3. The third-order valence-electron chi connectivity index (χ3n) is 4.12. The number of aryl methyl sites for hydroxylation is 3. The number of rotatable bonds is 5. The van der Waals surface area contributed by atoms with Crippen LogP contribution >= 0.6 is 11.3 Å². The van der Waals surface area contributed by atoms with Gasteiger partial charge >= 0.3 is 0 Å². The van der Waals surface area contributed by atoms with Crippen molar-refractivity contribution >= 4 is 28.2 Å². The zero-order valence-electron chi connectivity index (χ0n) is 13.2. The number of hydrogen-bond acceptors (Lipinski definition) is 4. The first-order valence-electron chi connectivity index (χ1n) is 7.99. The Kier molecular flexibility index (Phi) is 4.86. The summed E-state index contributed by atoms with van der Waals surface area (Å²) >= 11 is 1.43. The van der Waals surface area contributed by atoms with Gasteiger partial charge in [0.1, 0.15) is 0 Å². The van der Waals surface area contributed by atoms with Crippen LogP contribution in [0.15, 0.2) is 24.4 Å². The van der Waals surface area contributed by atoms with Gasteiger partial charge in [-0.3, -0.25) is 9.59 Å². The van der Waals surface area contributed by atoms with E-state index < -0.39 is 0 Å². The van der Waals surface area contributed by atoms with E-state index in [0.717, 1.165) is 23.3 Å². The number of ketones is 1. The zero-order valence-corrected chi connectivity index (χ0v) is 14.0. The summed E-state index contributed by atoms with van der Waals surface area (Å²) < 4.78 is 0. The molecule has 1 aliphatic rings. The van der Waals surface area contributed by atoms with E-state index in [4.69, 9.17) is 0 Å². The molecule has 2 aromatic rings. The summed E-state index contributed by atoms with van der Waals surface area (Å²) in [7, 11) is 0. The van der Waals surface area contributed by atoms with Crippen LogP contribution in [0.3, 0.4) is 0 Å². The Labute approximate surface area is 140 Å². The lowest BCUT2D eigenvalue weighted by Crippen LogP contribution is -2.13. The average Bonchev–Trinajstić information content (AvgIpc) is 2.97. The number of thiazole rings is 1. The number of Topliss-reactive ketones (excluding diaryl/α,β-unsaturated/α-hetero) is 1. The smallest absolute Gasteiger partial charge is 0.226 e. The Bertz CT molecular complexity index is 736. The highest BCUT2D eigenvalue weighted by molar-refractivity contribution is 7.15. The minimum Gasteiger partial charge on any atom is -0.302 e.